The van der Waals surface area contributed by atoms with Crippen LogP contribution < -0.4 is 5.73 Å². The summed E-state index contributed by atoms with van der Waals surface area (Å²) in [5.74, 6) is -1.91. The highest BCUT2D eigenvalue weighted by molar-refractivity contribution is 7.66. The molecule has 0 radical (unpaired) electrons. The van der Waals surface area contributed by atoms with E-state index in [-0.39, 0.29) is 31.2 Å². The molecule has 2 amide bonds. The van der Waals surface area contributed by atoms with Crippen molar-refractivity contribution in [1.29, 1.82) is 0 Å². The number of carbonyl (C=O) groups is 3. The molecular formula is C17H30N3O5P. The van der Waals surface area contributed by atoms with Gasteiger partial charge in [-0.15, -0.1) is 0 Å². The van der Waals surface area contributed by atoms with Gasteiger partial charge in [0.1, 0.15) is 13.2 Å². The molecule has 0 unspecified atom stereocenters. The van der Waals surface area contributed by atoms with Gasteiger partial charge < -0.3 is 25.2 Å². The summed E-state index contributed by atoms with van der Waals surface area (Å²) in [6.07, 6.45) is 2.30. The predicted molar refractivity (Wildman–Crippen MR) is 98.4 cm³/mol. The Balaban J connectivity index is 2.42. The first-order chi connectivity index (χ1) is 12.2. The number of likely N-dealkylation sites (tertiary alicyclic amines) is 2. The largest absolute Gasteiger partial charge is 0.479 e. The molecule has 26 heavy (non-hydrogen) atoms. The van der Waals surface area contributed by atoms with E-state index in [1.807, 2.05) is 0 Å². The van der Waals surface area contributed by atoms with E-state index in [1.54, 1.807) is 20.8 Å². The molecule has 2 fully saturated rings. The van der Waals surface area contributed by atoms with E-state index in [0.29, 0.717) is 25.8 Å². The summed E-state index contributed by atoms with van der Waals surface area (Å²) in [5.41, 5.74) is 5.69. The standard InChI is InChI=1S/C17H30N3O5P/c1-4-26(25,5-2)17(16(23)24)9-7-11-20(17)15(22)13-8-6-10-19(13)14(21)12(3)18/h12-13H,4-11,18H2,1-3H3,(H,23,24)/t12-,13-,17+/m0/s1. The van der Waals surface area contributed by atoms with Crippen LogP contribution in [0.25, 0.3) is 0 Å². The Morgan fingerprint density at radius 1 is 1.23 bits per heavy atom. The van der Waals surface area contributed by atoms with Crippen LogP contribution >= 0.6 is 7.14 Å². The molecule has 0 saturated carbocycles. The fourth-order valence-electron chi connectivity index (χ4n) is 4.39. The monoisotopic (exact) mass is 387 g/mol. The van der Waals surface area contributed by atoms with Crippen LogP contribution in [0.2, 0.25) is 0 Å². The summed E-state index contributed by atoms with van der Waals surface area (Å²) in [4.78, 5) is 40.7. The number of aliphatic carboxylic acids is 1. The van der Waals surface area contributed by atoms with Gasteiger partial charge in [0, 0.05) is 25.4 Å². The van der Waals surface area contributed by atoms with Gasteiger partial charge in [0.25, 0.3) is 0 Å². The maximum absolute atomic E-state index is 13.5. The minimum Gasteiger partial charge on any atom is -0.479 e. The molecule has 3 atom stereocenters. The highest BCUT2D eigenvalue weighted by Gasteiger charge is 2.61. The molecule has 0 aliphatic carbocycles. The van der Waals surface area contributed by atoms with Crippen molar-refractivity contribution in [2.24, 2.45) is 5.73 Å². The molecule has 2 aliphatic heterocycles. The molecule has 9 heteroatoms. The Labute approximate surface area is 154 Å². The van der Waals surface area contributed by atoms with Gasteiger partial charge in [-0.2, -0.15) is 0 Å². The van der Waals surface area contributed by atoms with Gasteiger partial charge in [-0.05, 0) is 32.6 Å². The van der Waals surface area contributed by atoms with Crippen LogP contribution in [0.4, 0.5) is 0 Å². The number of carbonyl (C=O) groups excluding carboxylic acids is 2. The summed E-state index contributed by atoms with van der Waals surface area (Å²) in [6.45, 7) is 5.70. The van der Waals surface area contributed by atoms with E-state index in [1.165, 1.54) is 9.80 Å². The number of hydrogen-bond donors (Lipinski definition) is 2. The van der Waals surface area contributed by atoms with Crippen molar-refractivity contribution in [2.45, 2.75) is 63.8 Å². The second-order valence-electron chi connectivity index (χ2n) is 7.22. The lowest BCUT2D eigenvalue weighted by atomic mass is 10.1. The number of carboxylic acids is 1. The number of nitrogens with two attached hydrogens (primary N) is 1. The molecule has 3 N–H and O–H groups in total. The summed E-state index contributed by atoms with van der Waals surface area (Å²) < 4.78 is 13.5. The Bertz CT molecular complexity index is 630. The fourth-order valence-corrected chi connectivity index (χ4v) is 7.44. The molecule has 0 spiro atoms. The van der Waals surface area contributed by atoms with Gasteiger partial charge in [0.05, 0.1) is 6.04 Å². The number of amides is 2. The third-order valence-corrected chi connectivity index (χ3v) is 9.92. The minimum absolute atomic E-state index is 0.195. The van der Waals surface area contributed by atoms with E-state index in [4.69, 9.17) is 5.73 Å². The second kappa shape index (κ2) is 7.69. The summed E-state index contributed by atoms with van der Waals surface area (Å²) in [6, 6.07) is -1.43. The van der Waals surface area contributed by atoms with Crippen molar-refractivity contribution in [2.75, 3.05) is 25.4 Å². The van der Waals surface area contributed by atoms with Crippen LogP contribution in [0, 0.1) is 0 Å². The lowest BCUT2D eigenvalue weighted by Crippen LogP contribution is -2.59. The van der Waals surface area contributed by atoms with Crippen LogP contribution in [0.3, 0.4) is 0 Å². The smallest absolute Gasteiger partial charge is 0.337 e. The summed E-state index contributed by atoms with van der Waals surface area (Å²) in [5, 5.41) is 8.37. The zero-order valence-electron chi connectivity index (χ0n) is 15.8. The number of hydrogen-bond acceptors (Lipinski definition) is 5. The van der Waals surface area contributed by atoms with Crippen molar-refractivity contribution < 1.29 is 24.1 Å². The Morgan fingerprint density at radius 2 is 1.85 bits per heavy atom. The lowest BCUT2D eigenvalue weighted by molar-refractivity contribution is -0.154. The van der Waals surface area contributed by atoms with Crippen LogP contribution in [0.15, 0.2) is 0 Å². The Morgan fingerprint density at radius 3 is 2.35 bits per heavy atom. The van der Waals surface area contributed by atoms with E-state index in [2.05, 4.69) is 0 Å². The molecule has 0 aromatic heterocycles. The van der Waals surface area contributed by atoms with Gasteiger partial charge >= 0.3 is 5.97 Å². The highest BCUT2D eigenvalue weighted by Crippen LogP contribution is 2.63. The van der Waals surface area contributed by atoms with Crippen molar-refractivity contribution >= 4 is 24.9 Å². The molecule has 0 aromatic rings. The Hall–Kier alpha value is -1.40. The molecular weight excluding hydrogens is 357 g/mol. The third kappa shape index (κ3) is 3.07. The maximum Gasteiger partial charge on any atom is 0.337 e. The van der Waals surface area contributed by atoms with Crippen LogP contribution in [0.5, 0.6) is 0 Å². The van der Waals surface area contributed by atoms with Crippen LogP contribution in [0.1, 0.15) is 46.5 Å². The number of nitrogens with zero attached hydrogens (tertiary/aromatic N) is 2. The van der Waals surface area contributed by atoms with Gasteiger partial charge in [-0.25, -0.2) is 4.79 Å². The SMILES string of the molecule is CCP(=O)(CC)[C@@]1(C(=O)O)CCCN1C(=O)[C@@H]1CCCN1C(=O)[C@H](C)N. The van der Waals surface area contributed by atoms with Crippen molar-refractivity contribution in [3.8, 4) is 0 Å². The van der Waals surface area contributed by atoms with Gasteiger partial charge in [0.2, 0.25) is 11.8 Å². The van der Waals surface area contributed by atoms with E-state index in [0.717, 1.165) is 0 Å². The summed E-state index contributed by atoms with van der Waals surface area (Å²) in [7, 11) is -3.15. The van der Waals surface area contributed by atoms with Gasteiger partial charge in [-0.1, -0.05) is 13.8 Å². The average molecular weight is 387 g/mol. The number of rotatable bonds is 6. The first-order valence-electron chi connectivity index (χ1n) is 9.35. The zero-order chi connectivity index (χ0) is 19.7. The van der Waals surface area contributed by atoms with Crippen molar-refractivity contribution in [3.05, 3.63) is 0 Å². The normalized spacial score (nSPS) is 27.6. The molecule has 148 valence electrons. The van der Waals surface area contributed by atoms with Gasteiger partial charge in [0.15, 0.2) is 5.28 Å². The van der Waals surface area contributed by atoms with E-state index < -0.39 is 36.4 Å². The first kappa shape index (κ1) is 20.9. The Kier molecular flexibility index (Phi) is 6.18. The van der Waals surface area contributed by atoms with Crippen molar-refractivity contribution in [3.63, 3.8) is 0 Å². The maximum atomic E-state index is 13.5. The molecule has 2 heterocycles. The zero-order valence-corrected chi connectivity index (χ0v) is 16.7. The number of carboxylic acid groups (broad SMARTS) is 1. The highest BCUT2D eigenvalue weighted by atomic mass is 31.2. The second-order valence-corrected chi connectivity index (χ2v) is 11.0. The molecule has 2 saturated heterocycles. The predicted octanol–water partition coefficient (Wildman–Crippen LogP) is 1.13. The minimum atomic E-state index is -3.15. The van der Waals surface area contributed by atoms with E-state index in [9.17, 15) is 24.1 Å². The molecule has 2 rings (SSSR count). The van der Waals surface area contributed by atoms with Crippen molar-refractivity contribution in [1.82, 2.24) is 9.80 Å². The molecule has 0 bridgehead atoms. The lowest BCUT2D eigenvalue weighted by Gasteiger charge is -2.42. The molecule has 0 aromatic carbocycles. The summed E-state index contributed by atoms with van der Waals surface area (Å²) >= 11 is 0. The fraction of sp³-hybridized carbons (Fsp3) is 0.824. The van der Waals surface area contributed by atoms with Crippen LogP contribution in [-0.4, -0.2) is 75.5 Å². The molecule has 2 aliphatic rings. The topological polar surface area (TPSA) is 121 Å². The van der Waals surface area contributed by atoms with E-state index >= 15 is 0 Å². The quantitative estimate of drug-likeness (QED) is 0.659. The average Bonchev–Trinajstić information content (AvgIpc) is 3.27. The van der Waals surface area contributed by atoms with Gasteiger partial charge in [-0.3, -0.25) is 9.59 Å². The first-order valence-corrected chi connectivity index (χ1v) is 11.4. The van der Waals surface area contributed by atoms with Crippen LogP contribution in [-0.2, 0) is 18.9 Å². The third-order valence-electron chi connectivity index (χ3n) is 5.87. The molecule has 8 nitrogen and oxygen atoms in total.